The maximum absolute atomic E-state index is 11.6. The molecule has 1 aliphatic carbocycles. The van der Waals surface area contributed by atoms with Crippen LogP contribution in [0.2, 0.25) is 0 Å². The minimum atomic E-state index is -0.287. The van der Waals surface area contributed by atoms with Crippen molar-refractivity contribution in [3.05, 3.63) is 35.4 Å². The first-order chi connectivity index (χ1) is 7.50. The summed E-state index contributed by atoms with van der Waals surface area (Å²) in [6.07, 6.45) is 0. The van der Waals surface area contributed by atoms with Gasteiger partial charge in [0.15, 0.2) is 0 Å². The SMILES string of the molecule is COC(=O)c1ccccc1C1C(N)C1(C)C. The smallest absolute Gasteiger partial charge is 0.338 e. The van der Waals surface area contributed by atoms with Gasteiger partial charge in [0.05, 0.1) is 12.7 Å². The van der Waals surface area contributed by atoms with E-state index in [0.717, 1.165) is 5.56 Å². The average molecular weight is 219 g/mol. The summed E-state index contributed by atoms with van der Waals surface area (Å²) in [7, 11) is 1.40. The van der Waals surface area contributed by atoms with Gasteiger partial charge in [-0.2, -0.15) is 0 Å². The molecule has 0 heterocycles. The Morgan fingerprint density at radius 2 is 1.94 bits per heavy atom. The number of nitrogens with two attached hydrogens (primary N) is 1. The van der Waals surface area contributed by atoms with Gasteiger partial charge in [-0.05, 0) is 17.0 Å². The van der Waals surface area contributed by atoms with Crippen LogP contribution in [0.25, 0.3) is 0 Å². The lowest BCUT2D eigenvalue weighted by Crippen LogP contribution is -2.08. The van der Waals surface area contributed by atoms with E-state index in [1.165, 1.54) is 7.11 Å². The lowest BCUT2D eigenvalue weighted by Gasteiger charge is -2.08. The number of hydrogen-bond donors (Lipinski definition) is 1. The van der Waals surface area contributed by atoms with Gasteiger partial charge in [-0.3, -0.25) is 0 Å². The summed E-state index contributed by atoms with van der Waals surface area (Å²) in [5.74, 6) is -0.0340. The summed E-state index contributed by atoms with van der Waals surface area (Å²) >= 11 is 0. The van der Waals surface area contributed by atoms with E-state index in [9.17, 15) is 4.79 Å². The van der Waals surface area contributed by atoms with Crippen molar-refractivity contribution in [2.24, 2.45) is 11.1 Å². The highest BCUT2D eigenvalue weighted by atomic mass is 16.5. The average Bonchev–Trinajstić information content (AvgIpc) is 2.77. The third kappa shape index (κ3) is 1.52. The third-order valence-corrected chi connectivity index (χ3v) is 3.61. The molecule has 0 saturated heterocycles. The third-order valence-electron chi connectivity index (χ3n) is 3.61. The molecule has 1 fully saturated rings. The van der Waals surface area contributed by atoms with Crippen LogP contribution in [0.5, 0.6) is 0 Å². The van der Waals surface area contributed by atoms with E-state index >= 15 is 0 Å². The van der Waals surface area contributed by atoms with Gasteiger partial charge in [0.1, 0.15) is 0 Å². The second kappa shape index (κ2) is 3.59. The summed E-state index contributed by atoms with van der Waals surface area (Å²) in [4.78, 5) is 11.6. The van der Waals surface area contributed by atoms with E-state index in [1.807, 2.05) is 18.2 Å². The molecule has 1 aliphatic rings. The number of benzene rings is 1. The monoisotopic (exact) mass is 219 g/mol. The topological polar surface area (TPSA) is 52.3 Å². The Kier molecular flexibility index (Phi) is 2.50. The number of carbonyl (C=O) groups is 1. The minimum Gasteiger partial charge on any atom is -0.465 e. The molecule has 1 aromatic carbocycles. The second-order valence-electron chi connectivity index (χ2n) is 4.90. The number of methoxy groups -OCH3 is 1. The Morgan fingerprint density at radius 3 is 2.44 bits per heavy atom. The highest BCUT2D eigenvalue weighted by Gasteiger charge is 2.57. The molecule has 0 aromatic heterocycles. The van der Waals surface area contributed by atoms with Crippen LogP contribution in [0.3, 0.4) is 0 Å². The number of esters is 1. The van der Waals surface area contributed by atoms with Crippen molar-refractivity contribution in [1.82, 2.24) is 0 Å². The summed E-state index contributed by atoms with van der Waals surface area (Å²) in [5, 5.41) is 0. The molecule has 2 atom stereocenters. The fraction of sp³-hybridized carbons (Fsp3) is 0.462. The summed E-state index contributed by atoms with van der Waals surface area (Å²) in [6, 6.07) is 7.66. The van der Waals surface area contributed by atoms with Crippen LogP contribution in [0, 0.1) is 5.41 Å². The van der Waals surface area contributed by atoms with Gasteiger partial charge in [0.2, 0.25) is 0 Å². The predicted octanol–water partition coefficient (Wildman–Crippen LogP) is 1.92. The first-order valence-corrected chi connectivity index (χ1v) is 5.43. The number of carbonyl (C=O) groups excluding carboxylic acids is 1. The van der Waals surface area contributed by atoms with Crippen LogP contribution >= 0.6 is 0 Å². The number of ether oxygens (including phenoxy) is 1. The molecule has 0 aliphatic heterocycles. The maximum atomic E-state index is 11.6. The molecule has 1 aromatic rings. The quantitative estimate of drug-likeness (QED) is 0.773. The molecule has 3 heteroatoms. The lowest BCUT2D eigenvalue weighted by atomic mass is 9.98. The molecule has 2 N–H and O–H groups in total. The molecule has 1 saturated carbocycles. The number of rotatable bonds is 2. The molecule has 2 unspecified atom stereocenters. The van der Waals surface area contributed by atoms with E-state index in [1.54, 1.807) is 6.07 Å². The van der Waals surface area contributed by atoms with Gasteiger partial charge in [-0.1, -0.05) is 32.0 Å². The van der Waals surface area contributed by atoms with Gasteiger partial charge in [0.25, 0.3) is 0 Å². The van der Waals surface area contributed by atoms with Gasteiger partial charge in [0, 0.05) is 12.0 Å². The lowest BCUT2D eigenvalue weighted by molar-refractivity contribution is 0.0599. The Balaban J connectivity index is 2.39. The molecule has 0 bridgehead atoms. The van der Waals surface area contributed by atoms with Crippen molar-refractivity contribution >= 4 is 5.97 Å². The van der Waals surface area contributed by atoms with Crippen LogP contribution in [0.1, 0.15) is 35.7 Å². The fourth-order valence-corrected chi connectivity index (χ4v) is 2.34. The van der Waals surface area contributed by atoms with E-state index in [-0.39, 0.29) is 23.3 Å². The molecule has 3 nitrogen and oxygen atoms in total. The van der Waals surface area contributed by atoms with E-state index in [0.29, 0.717) is 5.56 Å². The first-order valence-electron chi connectivity index (χ1n) is 5.43. The Bertz CT molecular complexity index is 426. The van der Waals surface area contributed by atoms with Gasteiger partial charge in [-0.15, -0.1) is 0 Å². The summed E-state index contributed by atoms with van der Waals surface area (Å²) in [6.45, 7) is 4.24. The zero-order valence-electron chi connectivity index (χ0n) is 9.86. The number of hydrogen-bond acceptors (Lipinski definition) is 3. The van der Waals surface area contributed by atoms with Crippen LogP contribution < -0.4 is 5.73 Å². The van der Waals surface area contributed by atoms with Gasteiger partial charge < -0.3 is 10.5 Å². The molecular weight excluding hydrogens is 202 g/mol. The molecule has 86 valence electrons. The van der Waals surface area contributed by atoms with Crippen molar-refractivity contribution in [1.29, 1.82) is 0 Å². The van der Waals surface area contributed by atoms with Crippen molar-refractivity contribution < 1.29 is 9.53 Å². The summed E-state index contributed by atoms with van der Waals surface area (Å²) in [5.41, 5.74) is 7.75. The standard InChI is InChI=1S/C13H17NO2/c1-13(2)10(11(13)14)8-6-4-5-7-9(8)12(15)16-3/h4-7,10-11H,14H2,1-3H3. The van der Waals surface area contributed by atoms with E-state index in [2.05, 4.69) is 13.8 Å². The van der Waals surface area contributed by atoms with E-state index < -0.39 is 0 Å². The van der Waals surface area contributed by atoms with Crippen LogP contribution in [-0.2, 0) is 4.74 Å². The maximum Gasteiger partial charge on any atom is 0.338 e. The van der Waals surface area contributed by atoms with Crippen molar-refractivity contribution in [2.75, 3.05) is 7.11 Å². The van der Waals surface area contributed by atoms with Crippen LogP contribution in [0.15, 0.2) is 24.3 Å². The van der Waals surface area contributed by atoms with Crippen molar-refractivity contribution in [2.45, 2.75) is 25.8 Å². The zero-order valence-corrected chi connectivity index (χ0v) is 9.86. The van der Waals surface area contributed by atoms with Gasteiger partial charge >= 0.3 is 5.97 Å². The Labute approximate surface area is 95.6 Å². The molecule has 0 spiro atoms. The fourth-order valence-electron chi connectivity index (χ4n) is 2.34. The van der Waals surface area contributed by atoms with Crippen molar-refractivity contribution in [3.63, 3.8) is 0 Å². The molecule has 0 radical (unpaired) electrons. The predicted molar refractivity (Wildman–Crippen MR) is 62.3 cm³/mol. The first kappa shape index (κ1) is 11.1. The minimum absolute atomic E-state index is 0.0735. The Hall–Kier alpha value is -1.35. The zero-order chi connectivity index (χ0) is 11.9. The normalized spacial score (nSPS) is 26.2. The molecule has 16 heavy (non-hydrogen) atoms. The molecular formula is C13H17NO2. The molecule has 2 rings (SSSR count). The van der Waals surface area contributed by atoms with Crippen LogP contribution in [0.4, 0.5) is 0 Å². The van der Waals surface area contributed by atoms with Gasteiger partial charge in [-0.25, -0.2) is 4.79 Å². The molecule has 0 amide bonds. The van der Waals surface area contributed by atoms with Crippen molar-refractivity contribution in [3.8, 4) is 0 Å². The van der Waals surface area contributed by atoms with Crippen LogP contribution in [-0.4, -0.2) is 19.1 Å². The summed E-state index contributed by atoms with van der Waals surface area (Å²) < 4.78 is 4.78. The largest absolute Gasteiger partial charge is 0.465 e. The highest BCUT2D eigenvalue weighted by molar-refractivity contribution is 5.91. The second-order valence-corrected chi connectivity index (χ2v) is 4.90. The Morgan fingerprint density at radius 1 is 1.38 bits per heavy atom. The highest BCUT2D eigenvalue weighted by Crippen LogP contribution is 2.57. The van der Waals surface area contributed by atoms with E-state index in [4.69, 9.17) is 10.5 Å².